The molecule has 0 aliphatic carbocycles. The van der Waals surface area contributed by atoms with E-state index in [1.165, 1.54) is 0 Å². The summed E-state index contributed by atoms with van der Waals surface area (Å²) in [6, 6.07) is 2.02. The molecule has 0 fully saturated rings. The fourth-order valence-electron chi connectivity index (χ4n) is 1.70. The van der Waals surface area contributed by atoms with E-state index in [-0.39, 0.29) is 11.9 Å². The number of hydrogen-bond donors (Lipinski definition) is 1. The molecular weight excluding hydrogens is 230 g/mol. The Morgan fingerprint density at radius 2 is 2.28 bits per heavy atom. The number of nitrogens with zero attached hydrogens (tertiary/aromatic N) is 4. The standard InChI is InChI=1S/C12H17N5O/c1-11(3-7-17-6-2-4-14-17)15-12(18)9-16-8-5-13-10-16/h2,4-6,8,10-11H,3,7,9H2,1H3,(H,15,18)/t11-/m0/s1. The number of aryl methyl sites for hydroxylation is 1. The van der Waals surface area contributed by atoms with Crippen LogP contribution in [-0.2, 0) is 17.9 Å². The Labute approximate surface area is 106 Å². The highest BCUT2D eigenvalue weighted by Gasteiger charge is 2.07. The third-order valence-corrected chi connectivity index (χ3v) is 2.64. The molecule has 2 aromatic rings. The second-order valence-corrected chi connectivity index (χ2v) is 4.26. The molecule has 18 heavy (non-hydrogen) atoms. The van der Waals surface area contributed by atoms with Crippen molar-refractivity contribution in [3.63, 3.8) is 0 Å². The van der Waals surface area contributed by atoms with Crippen LogP contribution in [0.1, 0.15) is 13.3 Å². The third-order valence-electron chi connectivity index (χ3n) is 2.64. The quantitative estimate of drug-likeness (QED) is 0.816. The zero-order chi connectivity index (χ0) is 12.8. The maximum atomic E-state index is 11.7. The topological polar surface area (TPSA) is 64.7 Å². The summed E-state index contributed by atoms with van der Waals surface area (Å²) in [5.41, 5.74) is 0. The number of carbonyl (C=O) groups is 1. The predicted molar refractivity (Wildman–Crippen MR) is 66.7 cm³/mol. The lowest BCUT2D eigenvalue weighted by Crippen LogP contribution is -2.35. The molecule has 0 spiro atoms. The zero-order valence-corrected chi connectivity index (χ0v) is 10.4. The predicted octanol–water partition coefficient (Wildman–Crippen LogP) is 0.675. The van der Waals surface area contributed by atoms with Crippen LogP contribution in [0.2, 0.25) is 0 Å². The van der Waals surface area contributed by atoms with E-state index in [0.717, 1.165) is 13.0 Å². The van der Waals surface area contributed by atoms with Crippen LogP contribution in [0.5, 0.6) is 0 Å². The number of aromatic nitrogens is 4. The summed E-state index contributed by atoms with van der Waals surface area (Å²) in [4.78, 5) is 15.6. The molecule has 0 bridgehead atoms. The number of nitrogens with one attached hydrogen (secondary N) is 1. The van der Waals surface area contributed by atoms with Gasteiger partial charge < -0.3 is 9.88 Å². The van der Waals surface area contributed by atoms with Crippen LogP contribution in [-0.4, -0.2) is 31.3 Å². The van der Waals surface area contributed by atoms with Crippen molar-refractivity contribution in [2.45, 2.75) is 32.5 Å². The summed E-state index contributed by atoms with van der Waals surface area (Å²) in [6.45, 7) is 3.11. The molecule has 1 N–H and O–H groups in total. The van der Waals surface area contributed by atoms with Crippen molar-refractivity contribution in [2.75, 3.05) is 0 Å². The Hall–Kier alpha value is -2.11. The summed E-state index contributed by atoms with van der Waals surface area (Å²) in [6.07, 6.45) is 9.59. The first kappa shape index (κ1) is 12.3. The molecule has 6 nitrogen and oxygen atoms in total. The number of carbonyl (C=O) groups excluding carboxylic acids is 1. The van der Waals surface area contributed by atoms with Crippen molar-refractivity contribution < 1.29 is 4.79 Å². The van der Waals surface area contributed by atoms with E-state index in [9.17, 15) is 4.79 Å². The minimum absolute atomic E-state index is 0.000894. The minimum atomic E-state index is 0.000894. The lowest BCUT2D eigenvalue weighted by molar-refractivity contribution is -0.122. The maximum absolute atomic E-state index is 11.7. The second-order valence-electron chi connectivity index (χ2n) is 4.26. The molecule has 1 atom stereocenters. The van der Waals surface area contributed by atoms with Crippen molar-refractivity contribution in [3.05, 3.63) is 37.2 Å². The van der Waals surface area contributed by atoms with Crippen molar-refractivity contribution >= 4 is 5.91 Å². The molecule has 0 aliphatic rings. The van der Waals surface area contributed by atoms with E-state index in [1.54, 1.807) is 29.5 Å². The molecule has 0 radical (unpaired) electrons. The highest BCUT2D eigenvalue weighted by atomic mass is 16.2. The van der Waals surface area contributed by atoms with Crippen molar-refractivity contribution in [1.29, 1.82) is 0 Å². The average molecular weight is 247 g/mol. The van der Waals surface area contributed by atoms with Crippen LogP contribution in [0, 0.1) is 0 Å². The van der Waals surface area contributed by atoms with Crippen molar-refractivity contribution in [3.8, 4) is 0 Å². The number of amides is 1. The Morgan fingerprint density at radius 1 is 1.39 bits per heavy atom. The first-order valence-electron chi connectivity index (χ1n) is 5.96. The van der Waals surface area contributed by atoms with Gasteiger partial charge in [-0.25, -0.2) is 4.98 Å². The van der Waals surface area contributed by atoms with Crippen LogP contribution in [0.25, 0.3) is 0 Å². The third kappa shape index (κ3) is 3.73. The molecule has 0 unspecified atom stereocenters. The molecule has 2 heterocycles. The van der Waals surface area contributed by atoms with Gasteiger partial charge in [0.2, 0.25) is 5.91 Å². The van der Waals surface area contributed by atoms with Gasteiger partial charge in [0.05, 0.1) is 6.33 Å². The SMILES string of the molecule is C[C@@H](CCn1cccn1)NC(=O)Cn1ccnc1. The molecule has 1 amide bonds. The minimum Gasteiger partial charge on any atom is -0.352 e. The molecule has 0 aliphatic heterocycles. The lowest BCUT2D eigenvalue weighted by Gasteiger charge is -2.14. The highest BCUT2D eigenvalue weighted by molar-refractivity contribution is 5.75. The molecular formula is C12H17N5O. The van der Waals surface area contributed by atoms with Crippen LogP contribution >= 0.6 is 0 Å². The van der Waals surface area contributed by atoms with Gasteiger partial charge in [-0.15, -0.1) is 0 Å². The van der Waals surface area contributed by atoms with E-state index in [2.05, 4.69) is 15.4 Å². The van der Waals surface area contributed by atoms with Crippen molar-refractivity contribution in [2.24, 2.45) is 0 Å². The van der Waals surface area contributed by atoms with Gasteiger partial charge in [-0.1, -0.05) is 0 Å². The molecule has 0 saturated carbocycles. The summed E-state index contributed by atoms with van der Waals surface area (Å²) in [5.74, 6) is 0.000894. The Kier molecular flexibility index (Phi) is 4.11. The summed E-state index contributed by atoms with van der Waals surface area (Å²) < 4.78 is 3.61. The molecule has 96 valence electrons. The van der Waals surface area contributed by atoms with E-state index < -0.39 is 0 Å². The molecule has 0 saturated heterocycles. The summed E-state index contributed by atoms with van der Waals surface area (Å²) >= 11 is 0. The fourth-order valence-corrected chi connectivity index (χ4v) is 1.70. The van der Waals surface area contributed by atoms with Gasteiger partial charge >= 0.3 is 0 Å². The van der Waals surface area contributed by atoms with E-state index in [0.29, 0.717) is 6.54 Å². The van der Waals surface area contributed by atoms with Gasteiger partial charge in [0.15, 0.2) is 0 Å². The van der Waals surface area contributed by atoms with Gasteiger partial charge in [-0.3, -0.25) is 9.48 Å². The first-order valence-corrected chi connectivity index (χ1v) is 5.96. The van der Waals surface area contributed by atoms with Crippen molar-refractivity contribution in [1.82, 2.24) is 24.6 Å². The second kappa shape index (κ2) is 6.00. The van der Waals surface area contributed by atoms with Crippen LogP contribution < -0.4 is 5.32 Å². The van der Waals surface area contributed by atoms with Gasteiger partial charge in [-0.05, 0) is 19.4 Å². The smallest absolute Gasteiger partial charge is 0.240 e. The average Bonchev–Trinajstić information content (AvgIpc) is 2.98. The molecule has 2 aromatic heterocycles. The number of hydrogen-bond acceptors (Lipinski definition) is 3. The van der Waals surface area contributed by atoms with Crippen LogP contribution in [0.3, 0.4) is 0 Å². The molecule has 6 heteroatoms. The van der Waals surface area contributed by atoms with E-state index in [4.69, 9.17) is 0 Å². The monoisotopic (exact) mass is 247 g/mol. The largest absolute Gasteiger partial charge is 0.352 e. The lowest BCUT2D eigenvalue weighted by atomic mass is 10.2. The number of imidazole rings is 1. The molecule has 2 rings (SSSR count). The first-order chi connectivity index (χ1) is 8.74. The van der Waals surface area contributed by atoms with Gasteiger partial charge in [0.1, 0.15) is 6.54 Å². The highest BCUT2D eigenvalue weighted by Crippen LogP contribution is 1.96. The van der Waals surface area contributed by atoms with E-state index in [1.807, 2.05) is 23.9 Å². The van der Waals surface area contributed by atoms with E-state index >= 15 is 0 Å². The number of rotatable bonds is 6. The zero-order valence-electron chi connectivity index (χ0n) is 10.4. The van der Waals surface area contributed by atoms with Gasteiger partial charge in [0, 0.05) is 37.4 Å². The van der Waals surface area contributed by atoms with Gasteiger partial charge in [-0.2, -0.15) is 5.10 Å². The Morgan fingerprint density at radius 3 is 2.94 bits per heavy atom. The summed E-state index contributed by atoms with van der Waals surface area (Å²) in [5, 5.41) is 7.07. The Balaban J connectivity index is 1.70. The fraction of sp³-hybridized carbons (Fsp3) is 0.417. The Bertz CT molecular complexity index is 463. The van der Waals surface area contributed by atoms with Gasteiger partial charge in [0.25, 0.3) is 0 Å². The maximum Gasteiger partial charge on any atom is 0.240 e. The summed E-state index contributed by atoms with van der Waals surface area (Å²) in [7, 11) is 0. The van der Waals surface area contributed by atoms with Crippen LogP contribution in [0.15, 0.2) is 37.2 Å². The molecule has 0 aromatic carbocycles. The van der Waals surface area contributed by atoms with Crippen LogP contribution in [0.4, 0.5) is 0 Å². The normalized spacial score (nSPS) is 12.3.